The maximum absolute atomic E-state index is 13.8. The Labute approximate surface area is 233 Å². The molecular formula is C28H31ClFN3O5S. The van der Waals surface area contributed by atoms with E-state index >= 15 is 0 Å². The number of nitrogens with zero attached hydrogens (tertiary/aromatic N) is 2. The van der Waals surface area contributed by atoms with Crippen LogP contribution in [0, 0.1) is 5.82 Å². The molecule has 0 spiro atoms. The van der Waals surface area contributed by atoms with Gasteiger partial charge in [0.2, 0.25) is 11.8 Å². The van der Waals surface area contributed by atoms with E-state index in [0.29, 0.717) is 29.5 Å². The van der Waals surface area contributed by atoms with Crippen LogP contribution in [0.4, 0.5) is 10.1 Å². The highest BCUT2D eigenvalue weighted by Crippen LogP contribution is 2.27. The van der Waals surface area contributed by atoms with Crippen molar-refractivity contribution in [1.82, 2.24) is 10.2 Å². The summed E-state index contributed by atoms with van der Waals surface area (Å²) in [6, 6.07) is 16.5. The predicted molar refractivity (Wildman–Crippen MR) is 149 cm³/mol. The highest BCUT2D eigenvalue weighted by atomic mass is 35.5. The van der Waals surface area contributed by atoms with Gasteiger partial charge in [0.1, 0.15) is 24.2 Å². The highest BCUT2D eigenvalue weighted by molar-refractivity contribution is 7.92. The first-order valence-corrected chi connectivity index (χ1v) is 14.2. The largest absolute Gasteiger partial charge is 0.494 e. The number of amides is 2. The van der Waals surface area contributed by atoms with Crippen LogP contribution in [0.5, 0.6) is 5.75 Å². The maximum Gasteiger partial charge on any atom is 0.264 e. The van der Waals surface area contributed by atoms with Crippen molar-refractivity contribution in [3.63, 3.8) is 0 Å². The first-order valence-electron chi connectivity index (χ1n) is 12.4. The smallest absolute Gasteiger partial charge is 0.264 e. The van der Waals surface area contributed by atoms with Crippen molar-refractivity contribution in [2.75, 3.05) is 24.0 Å². The van der Waals surface area contributed by atoms with E-state index in [0.717, 1.165) is 28.6 Å². The molecule has 0 heterocycles. The van der Waals surface area contributed by atoms with Gasteiger partial charge < -0.3 is 15.0 Å². The third kappa shape index (κ3) is 7.48. The Balaban J connectivity index is 2.04. The topological polar surface area (TPSA) is 96.0 Å². The number of carbonyl (C=O) groups is 2. The van der Waals surface area contributed by atoms with E-state index in [9.17, 15) is 22.4 Å². The minimum Gasteiger partial charge on any atom is -0.494 e. The third-order valence-electron chi connectivity index (χ3n) is 5.93. The lowest BCUT2D eigenvalue weighted by atomic mass is 10.1. The number of nitrogens with one attached hydrogen (secondary N) is 1. The molecule has 0 fully saturated rings. The van der Waals surface area contributed by atoms with Gasteiger partial charge in [0.15, 0.2) is 0 Å². The first-order chi connectivity index (χ1) is 18.6. The van der Waals surface area contributed by atoms with Crippen molar-refractivity contribution in [3.8, 4) is 5.75 Å². The summed E-state index contributed by atoms with van der Waals surface area (Å²) in [5.74, 6) is -1.10. The standard InChI is InChI=1S/C28H31ClFN3O5S/c1-4-31-28(35)20(3)32(18-21-8-6-7-9-26(21)29)27(34)19-33(23-12-14-24(15-13-23)38-5-2)39(36,37)25-16-10-22(30)11-17-25/h6-17,20H,4-5,18-19H2,1-3H3,(H,31,35)/t20-/m0/s1. The number of ether oxygens (including phenoxy) is 1. The Hall–Kier alpha value is -3.63. The van der Waals surface area contributed by atoms with Gasteiger partial charge in [-0.3, -0.25) is 13.9 Å². The Bertz CT molecular complexity index is 1390. The van der Waals surface area contributed by atoms with Gasteiger partial charge in [-0.05, 0) is 80.9 Å². The normalized spacial score (nSPS) is 11.9. The van der Waals surface area contributed by atoms with Gasteiger partial charge in [-0.1, -0.05) is 29.8 Å². The zero-order valence-electron chi connectivity index (χ0n) is 21.9. The zero-order valence-corrected chi connectivity index (χ0v) is 23.5. The van der Waals surface area contributed by atoms with Gasteiger partial charge in [0.25, 0.3) is 10.0 Å². The Morgan fingerprint density at radius 2 is 1.64 bits per heavy atom. The molecule has 3 aromatic carbocycles. The van der Waals surface area contributed by atoms with Crippen molar-refractivity contribution in [2.24, 2.45) is 0 Å². The van der Waals surface area contributed by atoms with Crippen molar-refractivity contribution in [2.45, 2.75) is 38.3 Å². The third-order valence-corrected chi connectivity index (χ3v) is 8.09. The second-order valence-corrected chi connectivity index (χ2v) is 10.8. The molecular weight excluding hydrogens is 545 g/mol. The summed E-state index contributed by atoms with van der Waals surface area (Å²) in [6.45, 7) is 5.27. The molecule has 0 saturated carbocycles. The van der Waals surface area contributed by atoms with Crippen molar-refractivity contribution < 1.29 is 27.1 Å². The fourth-order valence-corrected chi connectivity index (χ4v) is 5.46. The number of hydrogen-bond acceptors (Lipinski definition) is 5. The number of carbonyl (C=O) groups excluding carboxylic acids is 2. The molecule has 8 nitrogen and oxygen atoms in total. The van der Waals surface area contributed by atoms with E-state index in [1.807, 2.05) is 6.92 Å². The molecule has 1 N–H and O–H groups in total. The minimum absolute atomic E-state index is 0.0233. The maximum atomic E-state index is 13.8. The molecule has 0 aliphatic carbocycles. The minimum atomic E-state index is -4.31. The lowest BCUT2D eigenvalue weighted by Gasteiger charge is -2.32. The molecule has 11 heteroatoms. The molecule has 0 bridgehead atoms. The average molecular weight is 576 g/mol. The second kappa shape index (κ2) is 13.4. The van der Waals surface area contributed by atoms with E-state index in [1.54, 1.807) is 50.2 Å². The Morgan fingerprint density at radius 1 is 1.00 bits per heavy atom. The van der Waals surface area contributed by atoms with Gasteiger partial charge in [-0.2, -0.15) is 0 Å². The van der Waals surface area contributed by atoms with Crippen LogP contribution < -0.4 is 14.4 Å². The fraction of sp³-hybridized carbons (Fsp3) is 0.286. The quantitative estimate of drug-likeness (QED) is 0.340. The molecule has 208 valence electrons. The lowest BCUT2D eigenvalue weighted by Crippen LogP contribution is -2.51. The van der Waals surface area contributed by atoms with Crippen LogP contribution in [0.25, 0.3) is 0 Å². The number of rotatable bonds is 12. The molecule has 3 rings (SSSR count). The molecule has 0 radical (unpaired) electrons. The van der Waals surface area contributed by atoms with E-state index in [4.69, 9.17) is 16.3 Å². The van der Waals surface area contributed by atoms with Crippen molar-refractivity contribution >= 4 is 39.1 Å². The van der Waals surface area contributed by atoms with E-state index in [1.165, 1.54) is 17.0 Å². The summed E-state index contributed by atoms with van der Waals surface area (Å²) in [4.78, 5) is 27.6. The van der Waals surface area contributed by atoms with Crippen LogP contribution in [-0.2, 0) is 26.2 Å². The van der Waals surface area contributed by atoms with Gasteiger partial charge in [0, 0.05) is 18.1 Å². The van der Waals surface area contributed by atoms with E-state index < -0.39 is 40.2 Å². The molecule has 0 aliphatic rings. The van der Waals surface area contributed by atoms with Crippen LogP contribution in [0.15, 0.2) is 77.7 Å². The summed E-state index contributed by atoms with van der Waals surface area (Å²) in [6.07, 6.45) is 0. The van der Waals surface area contributed by atoms with Crippen LogP contribution in [0.2, 0.25) is 5.02 Å². The van der Waals surface area contributed by atoms with Crippen molar-refractivity contribution in [3.05, 3.63) is 89.2 Å². The summed E-state index contributed by atoms with van der Waals surface area (Å²) >= 11 is 6.34. The summed E-state index contributed by atoms with van der Waals surface area (Å²) < 4.78 is 47.4. The number of benzene rings is 3. The monoisotopic (exact) mass is 575 g/mol. The second-order valence-electron chi connectivity index (χ2n) is 8.58. The number of halogens is 2. The molecule has 39 heavy (non-hydrogen) atoms. The van der Waals surface area contributed by atoms with Gasteiger partial charge in [-0.15, -0.1) is 0 Å². The molecule has 2 amide bonds. The molecule has 0 aromatic heterocycles. The number of likely N-dealkylation sites (N-methyl/N-ethyl adjacent to an activating group) is 1. The SMILES string of the molecule is CCNC(=O)[C@H](C)N(Cc1ccccc1Cl)C(=O)CN(c1ccc(OCC)cc1)S(=O)(=O)c1ccc(F)cc1. The van der Waals surface area contributed by atoms with Crippen molar-refractivity contribution in [1.29, 1.82) is 0 Å². The number of hydrogen-bond donors (Lipinski definition) is 1. The molecule has 3 aromatic rings. The average Bonchev–Trinajstić information content (AvgIpc) is 2.92. The Morgan fingerprint density at radius 3 is 2.23 bits per heavy atom. The zero-order chi connectivity index (χ0) is 28.6. The van der Waals surface area contributed by atoms with Gasteiger partial charge in [-0.25, -0.2) is 12.8 Å². The molecule has 0 aliphatic heterocycles. The van der Waals surface area contributed by atoms with Crippen LogP contribution >= 0.6 is 11.6 Å². The van der Waals surface area contributed by atoms with Crippen LogP contribution in [0.3, 0.4) is 0 Å². The summed E-state index contributed by atoms with van der Waals surface area (Å²) in [7, 11) is -4.31. The summed E-state index contributed by atoms with van der Waals surface area (Å²) in [5, 5.41) is 3.10. The van der Waals surface area contributed by atoms with E-state index in [-0.39, 0.29) is 17.1 Å². The van der Waals surface area contributed by atoms with E-state index in [2.05, 4.69) is 5.32 Å². The van der Waals surface area contributed by atoms with Gasteiger partial charge >= 0.3 is 0 Å². The Kier molecular flexibility index (Phi) is 10.3. The molecule has 0 saturated heterocycles. The number of anilines is 1. The number of sulfonamides is 1. The fourth-order valence-electron chi connectivity index (χ4n) is 3.85. The van der Waals surface area contributed by atoms with Crippen LogP contribution in [-0.4, -0.2) is 50.9 Å². The summed E-state index contributed by atoms with van der Waals surface area (Å²) in [5.41, 5.74) is 0.789. The predicted octanol–water partition coefficient (Wildman–Crippen LogP) is 4.63. The first kappa shape index (κ1) is 29.9. The highest BCUT2D eigenvalue weighted by Gasteiger charge is 2.32. The van der Waals surface area contributed by atoms with Gasteiger partial charge in [0.05, 0.1) is 17.2 Å². The molecule has 1 atom stereocenters. The molecule has 0 unspecified atom stereocenters. The lowest BCUT2D eigenvalue weighted by molar-refractivity contribution is -0.139. The van der Waals surface area contributed by atoms with Crippen LogP contribution in [0.1, 0.15) is 26.3 Å².